The summed E-state index contributed by atoms with van der Waals surface area (Å²) in [5.41, 5.74) is 0.769. The van der Waals surface area contributed by atoms with Crippen molar-refractivity contribution in [2.45, 2.75) is 56.7 Å². The molecule has 2 aromatic rings. The third-order valence-electron chi connectivity index (χ3n) is 6.96. The standard InChI is InChI=1S/C23H33ClN6O3S/c1-34(32,33)27-21(15-19-5-7-20(24)8-6-19)22(31)28-13-9-23(10-14-28,16-30-18-25-17-26-30)29-11-3-2-4-12-29/h5-8,17-18,21,27H,2-4,9-16H2,1H3. The Morgan fingerprint density at radius 2 is 1.79 bits per heavy atom. The minimum Gasteiger partial charge on any atom is -0.341 e. The molecule has 186 valence electrons. The van der Waals surface area contributed by atoms with E-state index in [1.165, 1.54) is 19.3 Å². The Kier molecular flexibility index (Phi) is 7.91. The first-order valence-corrected chi connectivity index (χ1v) is 14.1. The average molecular weight is 509 g/mol. The van der Waals surface area contributed by atoms with Crippen LogP contribution in [0.15, 0.2) is 36.9 Å². The van der Waals surface area contributed by atoms with E-state index in [0.29, 0.717) is 18.1 Å². The van der Waals surface area contributed by atoms with E-state index in [0.717, 1.165) is 44.3 Å². The van der Waals surface area contributed by atoms with Crippen molar-refractivity contribution in [3.8, 4) is 0 Å². The van der Waals surface area contributed by atoms with Crippen molar-refractivity contribution in [1.82, 2.24) is 29.3 Å². The molecule has 2 aliphatic heterocycles. The van der Waals surface area contributed by atoms with Crippen LogP contribution in [0.5, 0.6) is 0 Å². The number of rotatable bonds is 8. The number of nitrogens with zero attached hydrogens (tertiary/aromatic N) is 5. The molecule has 0 aliphatic carbocycles. The van der Waals surface area contributed by atoms with E-state index in [-0.39, 0.29) is 17.9 Å². The fourth-order valence-corrected chi connectivity index (χ4v) is 6.04. The highest BCUT2D eigenvalue weighted by molar-refractivity contribution is 7.88. The summed E-state index contributed by atoms with van der Waals surface area (Å²) in [5.74, 6) is -0.187. The molecule has 0 saturated carbocycles. The van der Waals surface area contributed by atoms with Gasteiger partial charge in [-0.1, -0.05) is 30.2 Å². The summed E-state index contributed by atoms with van der Waals surface area (Å²) in [5, 5.41) is 4.94. The molecule has 4 rings (SSSR count). The average Bonchev–Trinajstić information content (AvgIpc) is 3.33. The van der Waals surface area contributed by atoms with Crippen LogP contribution in [0.2, 0.25) is 5.02 Å². The van der Waals surface area contributed by atoms with Crippen LogP contribution in [0.25, 0.3) is 0 Å². The predicted octanol–water partition coefficient (Wildman–Crippen LogP) is 1.94. The van der Waals surface area contributed by atoms with Crippen molar-refractivity contribution < 1.29 is 13.2 Å². The molecule has 1 aromatic heterocycles. The summed E-state index contributed by atoms with van der Waals surface area (Å²) in [4.78, 5) is 22.0. The van der Waals surface area contributed by atoms with Gasteiger partial charge in [-0.2, -0.15) is 5.10 Å². The Hall–Kier alpha value is -2.01. The van der Waals surface area contributed by atoms with Crippen LogP contribution in [0.1, 0.15) is 37.7 Å². The van der Waals surface area contributed by atoms with E-state index in [9.17, 15) is 13.2 Å². The molecule has 1 unspecified atom stereocenters. The maximum absolute atomic E-state index is 13.5. The van der Waals surface area contributed by atoms with Crippen LogP contribution >= 0.6 is 11.6 Å². The zero-order valence-corrected chi connectivity index (χ0v) is 21.1. The van der Waals surface area contributed by atoms with Gasteiger partial charge in [0.1, 0.15) is 18.7 Å². The lowest BCUT2D eigenvalue weighted by Crippen LogP contribution is -2.61. The van der Waals surface area contributed by atoms with Gasteiger partial charge in [-0.15, -0.1) is 0 Å². The summed E-state index contributed by atoms with van der Waals surface area (Å²) in [7, 11) is -3.56. The summed E-state index contributed by atoms with van der Waals surface area (Å²) >= 11 is 5.98. The zero-order chi connectivity index (χ0) is 24.2. The van der Waals surface area contributed by atoms with Gasteiger partial charge >= 0.3 is 0 Å². The molecule has 2 fully saturated rings. The molecule has 1 aromatic carbocycles. The maximum atomic E-state index is 13.5. The number of benzene rings is 1. The summed E-state index contributed by atoms with van der Waals surface area (Å²) in [6.45, 7) is 4.00. The number of amides is 1. The number of hydrogen-bond donors (Lipinski definition) is 1. The van der Waals surface area contributed by atoms with Gasteiger partial charge in [-0.3, -0.25) is 14.4 Å². The number of carbonyl (C=O) groups excluding carboxylic acids is 1. The van der Waals surface area contributed by atoms with Crippen LogP contribution in [0.3, 0.4) is 0 Å². The number of piperidine rings is 2. The van der Waals surface area contributed by atoms with E-state index >= 15 is 0 Å². The van der Waals surface area contributed by atoms with Gasteiger partial charge in [-0.25, -0.2) is 18.1 Å². The number of aromatic nitrogens is 3. The second-order valence-corrected chi connectivity index (χ2v) is 11.7. The fraction of sp³-hybridized carbons (Fsp3) is 0.609. The van der Waals surface area contributed by atoms with Gasteiger partial charge in [0.2, 0.25) is 15.9 Å². The quantitative estimate of drug-likeness (QED) is 0.585. The first-order valence-electron chi connectivity index (χ1n) is 11.8. The van der Waals surface area contributed by atoms with E-state index in [2.05, 4.69) is 19.7 Å². The van der Waals surface area contributed by atoms with Gasteiger partial charge in [0.05, 0.1) is 12.8 Å². The molecule has 34 heavy (non-hydrogen) atoms. The molecule has 9 nitrogen and oxygen atoms in total. The highest BCUT2D eigenvalue weighted by atomic mass is 35.5. The third-order valence-corrected chi connectivity index (χ3v) is 7.93. The van der Waals surface area contributed by atoms with Crippen molar-refractivity contribution in [3.05, 3.63) is 47.5 Å². The van der Waals surface area contributed by atoms with E-state index in [1.54, 1.807) is 24.8 Å². The summed E-state index contributed by atoms with van der Waals surface area (Å²) < 4.78 is 28.5. The van der Waals surface area contributed by atoms with Crippen molar-refractivity contribution >= 4 is 27.5 Å². The number of likely N-dealkylation sites (tertiary alicyclic amines) is 2. The Balaban J connectivity index is 1.48. The van der Waals surface area contributed by atoms with Crippen LogP contribution in [0.4, 0.5) is 0 Å². The number of sulfonamides is 1. The van der Waals surface area contributed by atoms with Gasteiger partial charge in [-0.05, 0) is 62.9 Å². The van der Waals surface area contributed by atoms with Crippen LogP contribution in [0, 0.1) is 0 Å². The van der Waals surface area contributed by atoms with Crippen molar-refractivity contribution in [2.75, 3.05) is 32.4 Å². The molecule has 3 heterocycles. The molecule has 2 aliphatic rings. The Labute approximate surface area is 206 Å². The first kappa shape index (κ1) is 25.1. The molecular weight excluding hydrogens is 476 g/mol. The second kappa shape index (κ2) is 10.7. The largest absolute Gasteiger partial charge is 0.341 e. The van der Waals surface area contributed by atoms with Gasteiger partial charge in [0, 0.05) is 23.7 Å². The minimum atomic E-state index is -3.56. The number of halogens is 1. The molecule has 0 spiro atoms. The number of nitrogens with one attached hydrogen (secondary N) is 1. The van der Waals surface area contributed by atoms with E-state index < -0.39 is 16.1 Å². The Morgan fingerprint density at radius 1 is 1.12 bits per heavy atom. The number of hydrogen-bond acceptors (Lipinski definition) is 6. The van der Waals surface area contributed by atoms with Crippen molar-refractivity contribution in [3.63, 3.8) is 0 Å². The van der Waals surface area contributed by atoms with Crippen molar-refractivity contribution in [2.24, 2.45) is 0 Å². The lowest BCUT2D eigenvalue weighted by molar-refractivity contribution is -0.136. The molecule has 1 N–H and O–H groups in total. The summed E-state index contributed by atoms with van der Waals surface area (Å²) in [6, 6.07) is 6.28. The highest BCUT2D eigenvalue weighted by Gasteiger charge is 2.42. The van der Waals surface area contributed by atoms with Gasteiger partial charge in [0.25, 0.3) is 0 Å². The highest BCUT2D eigenvalue weighted by Crippen LogP contribution is 2.33. The molecule has 11 heteroatoms. The topological polar surface area (TPSA) is 100 Å². The minimum absolute atomic E-state index is 0.0825. The second-order valence-electron chi connectivity index (χ2n) is 9.46. The van der Waals surface area contributed by atoms with Crippen LogP contribution in [-0.4, -0.2) is 82.9 Å². The zero-order valence-electron chi connectivity index (χ0n) is 19.6. The van der Waals surface area contributed by atoms with Crippen molar-refractivity contribution in [1.29, 1.82) is 0 Å². The maximum Gasteiger partial charge on any atom is 0.241 e. The van der Waals surface area contributed by atoms with Crippen LogP contribution < -0.4 is 4.72 Å². The first-order chi connectivity index (χ1) is 16.2. The Morgan fingerprint density at radius 3 is 2.38 bits per heavy atom. The normalized spacial score (nSPS) is 20.2. The van der Waals surface area contributed by atoms with Gasteiger partial charge < -0.3 is 4.90 Å². The smallest absolute Gasteiger partial charge is 0.241 e. The molecule has 1 atom stereocenters. The number of carbonyl (C=O) groups is 1. The molecular formula is C23H33ClN6O3S. The third kappa shape index (κ3) is 6.35. The predicted molar refractivity (Wildman–Crippen MR) is 131 cm³/mol. The van der Waals surface area contributed by atoms with E-state index in [1.807, 2.05) is 21.7 Å². The molecule has 0 radical (unpaired) electrons. The SMILES string of the molecule is CS(=O)(=O)NC(Cc1ccc(Cl)cc1)C(=O)N1CCC(Cn2cncn2)(N2CCCCC2)CC1. The van der Waals surface area contributed by atoms with E-state index in [4.69, 9.17) is 11.6 Å². The lowest BCUT2D eigenvalue weighted by atomic mass is 9.83. The van der Waals surface area contributed by atoms with Crippen LogP contribution in [-0.2, 0) is 27.8 Å². The molecule has 0 bridgehead atoms. The summed E-state index contributed by atoms with van der Waals surface area (Å²) in [6.07, 6.45) is 9.91. The Bertz CT molecular complexity index is 1050. The monoisotopic (exact) mass is 508 g/mol. The molecule has 2 saturated heterocycles. The fourth-order valence-electron chi connectivity index (χ4n) is 5.22. The van der Waals surface area contributed by atoms with Gasteiger partial charge in [0.15, 0.2) is 0 Å². The lowest BCUT2D eigenvalue weighted by Gasteiger charge is -2.50. The molecule has 1 amide bonds.